The lowest BCUT2D eigenvalue weighted by atomic mass is 10.1. The lowest BCUT2D eigenvalue weighted by Gasteiger charge is -2.26. The van der Waals surface area contributed by atoms with E-state index in [1.165, 1.54) is 40.7 Å². The Morgan fingerprint density at radius 3 is 2.32 bits per heavy atom. The molecular formula is C19H19ClFNO5S. The number of rotatable bonds is 6. The minimum atomic E-state index is -3.62. The van der Waals surface area contributed by atoms with Crippen LogP contribution in [-0.2, 0) is 14.8 Å². The monoisotopic (exact) mass is 427 g/mol. The fraction of sp³-hybridized carbons (Fsp3) is 0.316. The zero-order chi connectivity index (χ0) is 20.3. The molecule has 6 nitrogen and oxygen atoms in total. The van der Waals surface area contributed by atoms with E-state index in [4.69, 9.17) is 16.3 Å². The summed E-state index contributed by atoms with van der Waals surface area (Å²) in [6.45, 7) is 0.946. The Kier molecular flexibility index (Phi) is 6.22. The van der Waals surface area contributed by atoms with Gasteiger partial charge in [0.05, 0.1) is 4.90 Å². The standard InChI is InChI=1S/C19H19ClFNO5S/c20-14-6-9-17(16(21)12-14)27-18(19(23)24)13-4-7-15(8-5-13)28(25,26)22-10-2-1-3-11-22/h4-9,12,18H,1-3,10-11H2,(H,23,24). The van der Waals surface area contributed by atoms with Crippen LogP contribution < -0.4 is 4.74 Å². The Bertz CT molecular complexity index is 959. The van der Waals surface area contributed by atoms with Crippen LogP contribution >= 0.6 is 11.6 Å². The Balaban J connectivity index is 1.84. The van der Waals surface area contributed by atoms with E-state index in [2.05, 4.69) is 0 Å². The van der Waals surface area contributed by atoms with Gasteiger partial charge in [0.2, 0.25) is 16.1 Å². The fourth-order valence-electron chi connectivity index (χ4n) is 3.03. The van der Waals surface area contributed by atoms with E-state index in [9.17, 15) is 22.7 Å². The number of hydrogen-bond acceptors (Lipinski definition) is 4. The van der Waals surface area contributed by atoms with Gasteiger partial charge in [-0.25, -0.2) is 17.6 Å². The highest BCUT2D eigenvalue weighted by atomic mass is 35.5. The second-order valence-electron chi connectivity index (χ2n) is 6.44. The molecule has 1 atom stereocenters. The van der Waals surface area contributed by atoms with E-state index in [1.54, 1.807) is 0 Å². The van der Waals surface area contributed by atoms with Crippen LogP contribution in [0.15, 0.2) is 47.4 Å². The number of carbonyl (C=O) groups is 1. The van der Waals surface area contributed by atoms with E-state index < -0.39 is 27.9 Å². The van der Waals surface area contributed by atoms with Gasteiger partial charge in [-0.1, -0.05) is 30.2 Å². The molecule has 0 saturated carbocycles. The van der Waals surface area contributed by atoms with E-state index in [0.29, 0.717) is 13.1 Å². The van der Waals surface area contributed by atoms with E-state index in [-0.39, 0.29) is 21.2 Å². The minimum Gasteiger partial charge on any atom is -0.478 e. The highest BCUT2D eigenvalue weighted by Crippen LogP contribution is 2.28. The molecule has 0 radical (unpaired) electrons. The Labute approximate surface area is 167 Å². The van der Waals surface area contributed by atoms with Crippen LogP contribution in [0.5, 0.6) is 5.75 Å². The maximum Gasteiger partial charge on any atom is 0.349 e. The summed E-state index contributed by atoms with van der Waals surface area (Å²) in [4.78, 5) is 11.7. The average molecular weight is 428 g/mol. The van der Waals surface area contributed by atoms with E-state index >= 15 is 0 Å². The molecule has 1 heterocycles. The van der Waals surface area contributed by atoms with Crippen molar-refractivity contribution in [2.24, 2.45) is 0 Å². The molecular weight excluding hydrogens is 409 g/mol. The topological polar surface area (TPSA) is 83.9 Å². The summed E-state index contributed by atoms with van der Waals surface area (Å²) in [6, 6.07) is 9.06. The molecule has 3 rings (SSSR count). The van der Waals surface area contributed by atoms with Crippen molar-refractivity contribution in [3.05, 3.63) is 58.9 Å². The summed E-state index contributed by atoms with van der Waals surface area (Å²) < 4.78 is 46.0. The number of ether oxygens (including phenoxy) is 1. The third kappa shape index (κ3) is 4.45. The molecule has 1 unspecified atom stereocenters. The van der Waals surface area contributed by atoms with Gasteiger partial charge in [0.1, 0.15) is 0 Å². The lowest BCUT2D eigenvalue weighted by Crippen LogP contribution is -2.35. The zero-order valence-electron chi connectivity index (χ0n) is 14.8. The molecule has 150 valence electrons. The first-order valence-electron chi connectivity index (χ1n) is 8.73. The van der Waals surface area contributed by atoms with Crippen molar-refractivity contribution in [1.29, 1.82) is 0 Å². The van der Waals surface area contributed by atoms with Gasteiger partial charge in [-0.3, -0.25) is 0 Å². The number of piperidine rings is 1. The van der Waals surface area contributed by atoms with Gasteiger partial charge in [-0.2, -0.15) is 4.31 Å². The third-order valence-corrected chi connectivity index (χ3v) is 6.65. The van der Waals surface area contributed by atoms with Crippen molar-refractivity contribution in [3.8, 4) is 5.75 Å². The molecule has 28 heavy (non-hydrogen) atoms. The zero-order valence-corrected chi connectivity index (χ0v) is 16.4. The molecule has 0 aliphatic carbocycles. The van der Waals surface area contributed by atoms with E-state index in [1.807, 2.05) is 0 Å². The van der Waals surface area contributed by atoms with Crippen LogP contribution in [0.25, 0.3) is 0 Å². The van der Waals surface area contributed by atoms with Gasteiger partial charge < -0.3 is 9.84 Å². The summed E-state index contributed by atoms with van der Waals surface area (Å²) in [7, 11) is -3.62. The van der Waals surface area contributed by atoms with Crippen molar-refractivity contribution in [3.63, 3.8) is 0 Å². The number of halogens is 2. The molecule has 0 amide bonds. The van der Waals surface area contributed by atoms with Gasteiger partial charge in [-0.15, -0.1) is 0 Å². The van der Waals surface area contributed by atoms with Crippen LogP contribution in [0.2, 0.25) is 5.02 Å². The predicted molar refractivity (Wildman–Crippen MR) is 101 cm³/mol. The molecule has 0 bridgehead atoms. The van der Waals surface area contributed by atoms with Gasteiger partial charge in [0.25, 0.3) is 0 Å². The molecule has 1 aliphatic rings. The van der Waals surface area contributed by atoms with Crippen molar-refractivity contribution >= 4 is 27.6 Å². The number of sulfonamides is 1. The highest BCUT2D eigenvalue weighted by Gasteiger charge is 2.28. The number of nitrogens with zero attached hydrogens (tertiary/aromatic N) is 1. The summed E-state index contributed by atoms with van der Waals surface area (Å²) in [6.07, 6.45) is 1.14. The number of carboxylic acids is 1. The lowest BCUT2D eigenvalue weighted by molar-refractivity contribution is -0.145. The van der Waals surface area contributed by atoms with E-state index in [0.717, 1.165) is 25.3 Å². The molecule has 0 spiro atoms. The maximum absolute atomic E-state index is 13.9. The third-order valence-electron chi connectivity index (χ3n) is 4.50. The smallest absolute Gasteiger partial charge is 0.349 e. The molecule has 0 aromatic heterocycles. The summed E-state index contributed by atoms with van der Waals surface area (Å²) >= 11 is 5.68. The van der Waals surface area contributed by atoms with Crippen LogP contribution in [0.3, 0.4) is 0 Å². The van der Waals surface area contributed by atoms with Crippen LogP contribution in [-0.4, -0.2) is 36.9 Å². The number of carboxylic acid groups (broad SMARTS) is 1. The second kappa shape index (κ2) is 8.46. The van der Waals surface area contributed by atoms with Crippen molar-refractivity contribution in [2.75, 3.05) is 13.1 Å². The van der Waals surface area contributed by atoms with Crippen LogP contribution in [0.4, 0.5) is 4.39 Å². The predicted octanol–water partition coefficient (Wildman–Crippen LogP) is 3.86. The molecule has 2 aromatic rings. The summed E-state index contributed by atoms with van der Waals surface area (Å²) in [5, 5.41) is 9.62. The largest absolute Gasteiger partial charge is 0.478 e. The van der Waals surface area contributed by atoms with Gasteiger partial charge in [0.15, 0.2) is 11.6 Å². The Morgan fingerprint density at radius 1 is 1.11 bits per heavy atom. The normalized spacial score (nSPS) is 16.5. The maximum atomic E-state index is 13.9. The van der Waals surface area contributed by atoms with Crippen molar-refractivity contribution in [1.82, 2.24) is 4.31 Å². The number of aliphatic carboxylic acids is 1. The van der Waals surface area contributed by atoms with Gasteiger partial charge >= 0.3 is 5.97 Å². The van der Waals surface area contributed by atoms with Crippen LogP contribution in [0, 0.1) is 5.82 Å². The van der Waals surface area contributed by atoms with Crippen LogP contribution in [0.1, 0.15) is 30.9 Å². The SMILES string of the molecule is O=C(O)C(Oc1ccc(Cl)cc1F)c1ccc(S(=O)(=O)N2CCCCC2)cc1. The number of benzene rings is 2. The molecule has 9 heteroatoms. The first kappa shape index (κ1) is 20.6. The summed E-state index contributed by atoms with van der Waals surface area (Å²) in [5.74, 6) is -2.38. The summed E-state index contributed by atoms with van der Waals surface area (Å²) in [5.41, 5.74) is 0.194. The first-order valence-corrected chi connectivity index (χ1v) is 10.6. The van der Waals surface area contributed by atoms with Gasteiger partial charge in [0, 0.05) is 23.7 Å². The number of hydrogen-bond donors (Lipinski definition) is 1. The second-order valence-corrected chi connectivity index (χ2v) is 8.82. The van der Waals surface area contributed by atoms with Gasteiger partial charge in [-0.05, 0) is 43.2 Å². The van der Waals surface area contributed by atoms with Crippen molar-refractivity contribution < 1.29 is 27.4 Å². The minimum absolute atomic E-state index is 0.0833. The Hall–Kier alpha value is -2.16. The molecule has 1 fully saturated rings. The molecule has 1 saturated heterocycles. The Morgan fingerprint density at radius 2 is 1.75 bits per heavy atom. The molecule has 1 N–H and O–H groups in total. The van der Waals surface area contributed by atoms with Crippen molar-refractivity contribution in [2.45, 2.75) is 30.3 Å². The fourth-order valence-corrected chi connectivity index (χ4v) is 4.70. The highest BCUT2D eigenvalue weighted by molar-refractivity contribution is 7.89. The molecule has 1 aliphatic heterocycles. The first-order chi connectivity index (χ1) is 13.3. The molecule has 2 aromatic carbocycles. The quantitative estimate of drug-likeness (QED) is 0.756. The average Bonchev–Trinajstić information content (AvgIpc) is 2.68.